The molecule has 0 aromatic heterocycles. The third-order valence-corrected chi connectivity index (χ3v) is 3.79. The normalized spacial score (nSPS) is 12.3. The molecule has 27 heavy (non-hydrogen) atoms. The largest absolute Gasteiger partial charge is 0.444 e. The van der Waals surface area contributed by atoms with Crippen LogP contribution in [0.3, 0.4) is 0 Å². The topological polar surface area (TPSA) is 99.7 Å². The van der Waals surface area contributed by atoms with E-state index in [9.17, 15) is 14.0 Å². The predicted octanol–water partition coefficient (Wildman–Crippen LogP) is 3.42. The van der Waals surface area contributed by atoms with Gasteiger partial charge in [0.25, 0.3) is 5.91 Å². The fourth-order valence-corrected chi connectivity index (χ4v) is 2.56. The molecule has 0 aliphatic heterocycles. The molecule has 0 fully saturated rings. The minimum Gasteiger partial charge on any atom is -0.444 e. The molecular weight excluding hydrogens is 353 g/mol. The highest BCUT2D eigenvalue weighted by Gasteiger charge is 2.19. The third kappa shape index (κ3) is 8.25. The second-order valence-corrected chi connectivity index (χ2v) is 7.52. The van der Waals surface area contributed by atoms with Gasteiger partial charge in [0, 0.05) is 12.2 Å². The number of aryl methyl sites for hydroxylation is 2. The Hall–Kier alpha value is -2.35. The maximum Gasteiger partial charge on any atom is 0.407 e. The monoisotopic (exact) mass is 383 g/mol. The second-order valence-electron chi connectivity index (χ2n) is 7.52. The number of hydrogen-bond donors (Lipinski definition) is 4. The Balaban J connectivity index is 2.52. The molecule has 4 N–H and O–H groups in total. The number of ether oxygens (including phenoxy) is 1. The highest BCUT2D eigenvalue weighted by molar-refractivity contribution is 5.83. The zero-order valence-corrected chi connectivity index (χ0v) is 16.6. The smallest absolute Gasteiger partial charge is 0.407 e. The average molecular weight is 383 g/mol. The van der Waals surface area contributed by atoms with Crippen molar-refractivity contribution in [1.82, 2.24) is 10.8 Å². The molecule has 1 atom stereocenters. The van der Waals surface area contributed by atoms with Crippen LogP contribution in [0.15, 0.2) is 12.1 Å². The van der Waals surface area contributed by atoms with E-state index in [0.717, 1.165) is 0 Å². The fraction of sp³-hybridized carbons (Fsp3) is 0.579. The average Bonchev–Trinajstić information content (AvgIpc) is 2.55. The summed E-state index contributed by atoms with van der Waals surface area (Å²) in [7, 11) is 0. The number of carbonyl (C=O) groups excluding carboxylic acids is 2. The number of unbranched alkanes of at least 4 members (excludes halogenated alkanes) is 1. The molecule has 0 bridgehead atoms. The number of halogens is 1. The van der Waals surface area contributed by atoms with Crippen molar-refractivity contribution in [3.05, 3.63) is 29.1 Å². The number of hydroxylamine groups is 1. The molecule has 0 saturated carbocycles. The van der Waals surface area contributed by atoms with Crippen molar-refractivity contribution < 1.29 is 23.9 Å². The number of nitrogens with one attached hydrogen (secondary N) is 3. The van der Waals surface area contributed by atoms with E-state index < -0.39 is 23.6 Å². The lowest BCUT2D eigenvalue weighted by Crippen LogP contribution is -2.38. The van der Waals surface area contributed by atoms with Crippen molar-refractivity contribution in [3.8, 4) is 0 Å². The number of anilines is 1. The van der Waals surface area contributed by atoms with Crippen LogP contribution in [-0.2, 0) is 9.53 Å². The van der Waals surface area contributed by atoms with Crippen LogP contribution in [0, 0.1) is 19.7 Å². The summed E-state index contributed by atoms with van der Waals surface area (Å²) < 4.78 is 18.9. The van der Waals surface area contributed by atoms with Gasteiger partial charge in [-0.25, -0.2) is 14.7 Å². The number of alkyl carbamates (subject to hydrolysis) is 1. The van der Waals surface area contributed by atoms with Crippen molar-refractivity contribution in [2.75, 3.05) is 11.9 Å². The summed E-state index contributed by atoms with van der Waals surface area (Å²) in [6, 6.07) is 2.55. The molecule has 0 spiro atoms. The van der Waals surface area contributed by atoms with Crippen molar-refractivity contribution in [2.45, 2.75) is 65.5 Å². The van der Waals surface area contributed by atoms with Crippen molar-refractivity contribution in [1.29, 1.82) is 0 Å². The quantitative estimate of drug-likeness (QED) is 0.313. The zero-order valence-electron chi connectivity index (χ0n) is 16.6. The van der Waals surface area contributed by atoms with E-state index in [1.807, 2.05) is 0 Å². The summed E-state index contributed by atoms with van der Waals surface area (Å²) in [6.45, 7) is 9.07. The van der Waals surface area contributed by atoms with E-state index in [1.165, 1.54) is 0 Å². The number of rotatable bonds is 8. The molecule has 1 aromatic carbocycles. The molecule has 7 nitrogen and oxygen atoms in total. The van der Waals surface area contributed by atoms with E-state index in [-0.39, 0.29) is 5.82 Å². The molecule has 1 rings (SSSR count). The van der Waals surface area contributed by atoms with E-state index in [1.54, 1.807) is 52.2 Å². The van der Waals surface area contributed by atoms with Crippen LogP contribution in [0.2, 0.25) is 0 Å². The molecule has 0 radical (unpaired) electrons. The van der Waals surface area contributed by atoms with Gasteiger partial charge >= 0.3 is 6.09 Å². The van der Waals surface area contributed by atoms with E-state index in [4.69, 9.17) is 9.94 Å². The van der Waals surface area contributed by atoms with Crippen LogP contribution in [0.25, 0.3) is 0 Å². The molecule has 0 heterocycles. The van der Waals surface area contributed by atoms with E-state index in [2.05, 4.69) is 10.6 Å². The summed E-state index contributed by atoms with van der Waals surface area (Å²) in [4.78, 5) is 23.5. The first kappa shape index (κ1) is 22.7. The first-order chi connectivity index (χ1) is 12.5. The Kier molecular flexibility index (Phi) is 8.49. The Morgan fingerprint density at radius 1 is 1.19 bits per heavy atom. The molecule has 0 unspecified atom stereocenters. The van der Waals surface area contributed by atoms with Crippen molar-refractivity contribution >= 4 is 17.7 Å². The number of hydrogen-bond acceptors (Lipinski definition) is 5. The second kappa shape index (κ2) is 10.1. The molecule has 0 aliphatic carbocycles. The van der Waals surface area contributed by atoms with Crippen LogP contribution in [-0.4, -0.2) is 35.4 Å². The molecule has 8 heteroatoms. The van der Waals surface area contributed by atoms with Crippen LogP contribution < -0.4 is 16.1 Å². The van der Waals surface area contributed by atoms with Gasteiger partial charge in [0.1, 0.15) is 17.5 Å². The standard InChI is InChI=1S/C19H30FN3O4/c1-12-10-14(11-13(2)16(12)20)22-15(17(24)23-26)8-6-7-9-21-18(25)27-19(3,4)5/h10-11,15,22,26H,6-9H2,1-5H3,(H,21,25)(H,23,24)/t15-/m1/s1. The predicted molar refractivity (Wildman–Crippen MR) is 101 cm³/mol. The molecule has 2 amide bonds. The molecule has 0 aliphatic rings. The first-order valence-corrected chi connectivity index (χ1v) is 8.97. The third-order valence-electron chi connectivity index (χ3n) is 3.79. The fourth-order valence-electron chi connectivity index (χ4n) is 2.56. The highest BCUT2D eigenvalue weighted by atomic mass is 19.1. The van der Waals surface area contributed by atoms with Crippen LogP contribution >= 0.6 is 0 Å². The summed E-state index contributed by atoms with van der Waals surface area (Å²) in [5, 5.41) is 14.6. The van der Waals surface area contributed by atoms with Gasteiger partial charge in [-0.1, -0.05) is 0 Å². The molecular formula is C19H30FN3O4. The SMILES string of the molecule is Cc1cc(N[C@H](CCCCNC(=O)OC(C)(C)C)C(=O)NO)cc(C)c1F. The van der Waals surface area contributed by atoms with Crippen LogP contribution in [0.5, 0.6) is 0 Å². The maximum atomic E-state index is 13.7. The van der Waals surface area contributed by atoms with Gasteiger partial charge in [-0.15, -0.1) is 0 Å². The van der Waals surface area contributed by atoms with Crippen molar-refractivity contribution in [2.24, 2.45) is 0 Å². The van der Waals surface area contributed by atoms with Gasteiger partial charge in [0.05, 0.1) is 0 Å². The highest BCUT2D eigenvalue weighted by Crippen LogP contribution is 2.20. The summed E-state index contributed by atoms with van der Waals surface area (Å²) in [5.41, 5.74) is 2.65. The van der Waals surface area contributed by atoms with Crippen LogP contribution in [0.1, 0.15) is 51.2 Å². The summed E-state index contributed by atoms with van der Waals surface area (Å²) >= 11 is 0. The minimum absolute atomic E-state index is 0.281. The Bertz CT molecular complexity index is 636. The number of benzene rings is 1. The van der Waals surface area contributed by atoms with Gasteiger partial charge in [0.15, 0.2) is 0 Å². The first-order valence-electron chi connectivity index (χ1n) is 8.97. The Labute approximate surface area is 159 Å². The lowest BCUT2D eigenvalue weighted by molar-refractivity contribution is -0.130. The number of amides is 2. The van der Waals surface area contributed by atoms with Gasteiger partial charge in [-0.05, 0) is 77.1 Å². The maximum absolute atomic E-state index is 13.7. The van der Waals surface area contributed by atoms with Gasteiger partial charge in [-0.3, -0.25) is 10.0 Å². The summed E-state index contributed by atoms with van der Waals surface area (Å²) in [5.74, 6) is -0.855. The van der Waals surface area contributed by atoms with E-state index >= 15 is 0 Å². The zero-order chi connectivity index (χ0) is 20.6. The summed E-state index contributed by atoms with van der Waals surface area (Å²) in [6.07, 6.45) is 1.21. The molecule has 152 valence electrons. The minimum atomic E-state index is -0.680. The lowest BCUT2D eigenvalue weighted by Gasteiger charge is -2.20. The van der Waals surface area contributed by atoms with Gasteiger partial charge < -0.3 is 15.4 Å². The number of carbonyl (C=O) groups is 2. The molecule has 1 aromatic rings. The van der Waals surface area contributed by atoms with Crippen LogP contribution in [0.4, 0.5) is 14.9 Å². The van der Waals surface area contributed by atoms with Crippen molar-refractivity contribution in [3.63, 3.8) is 0 Å². The van der Waals surface area contributed by atoms with E-state index in [0.29, 0.717) is 42.6 Å². The molecule has 0 saturated heterocycles. The lowest BCUT2D eigenvalue weighted by atomic mass is 10.1. The Morgan fingerprint density at radius 2 is 1.78 bits per heavy atom. The van der Waals surface area contributed by atoms with Gasteiger partial charge in [-0.2, -0.15) is 0 Å². The Morgan fingerprint density at radius 3 is 2.30 bits per heavy atom. The van der Waals surface area contributed by atoms with Gasteiger partial charge in [0.2, 0.25) is 0 Å².